The maximum atomic E-state index is 11.3. The summed E-state index contributed by atoms with van der Waals surface area (Å²) in [6.07, 6.45) is 1.25. The van der Waals surface area contributed by atoms with Crippen LogP contribution >= 0.6 is 0 Å². The Morgan fingerprint density at radius 3 is 2.00 bits per heavy atom. The van der Waals surface area contributed by atoms with Crippen molar-refractivity contribution >= 4 is 31.0 Å². The van der Waals surface area contributed by atoms with Gasteiger partial charge in [0.15, 0.2) is 0 Å². The summed E-state index contributed by atoms with van der Waals surface area (Å²) in [6.45, 7) is 6.90. The SMILES string of the molecule is C[C](C)(C)[SnH2][CH2]c1ccc(S(C)(=O)=O)cc1. The van der Waals surface area contributed by atoms with Crippen LogP contribution < -0.4 is 0 Å². The zero-order valence-electron chi connectivity index (χ0n) is 10.4. The van der Waals surface area contributed by atoms with Crippen LogP contribution in [-0.4, -0.2) is 35.8 Å². The molecule has 90 valence electrons. The molecular formula is C12H20O2SSn. The van der Waals surface area contributed by atoms with Gasteiger partial charge in [0, 0.05) is 0 Å². The van der Waals surface area contributed by atoms with E-state index in [2.05, 4.69) is 20.8 Å². The first-order valence-electron chi connectivity index (χ1n) is 5.47. The second-order valence-corrected chi connectivity index (χ2v) is 16.4. The molecule has 0 atom stereocenters. The van der Waals surface area contributed by atoms with Gasteiger partial charge in [-0.3, -0.25) is 0 Å². The molecule has 0 radical (unpaired) electrons. The average Bonchev–Trinajstić information content (AvgIpc) is 2.13. The van der Waals surface area contributed by atoms with Gasteiger partial charge in [-0.1, -0.05) is 0 Å². The Morgan fingerprint density at radius 2 is 1.62 bits per heavy atom. The second kappa shape index (κ2) is 5.08. The van der Waals surface area contributed by atoms with Gasteiger partial charge in [-0.15, -0.1) is 0 Å². The molecule has 1 rings (SSSR count). The molecule has 0 aromatic heterocycles. The minimum atomic E-state index is -3.05. The molecule has 0 bridgehead atoms. The van der Waals surface area contributed by atoms with Crippen LogP contribution in [0.5, 0.6) is 0 Å². The van der Waals surface area contributed by atoms with Gasteiger partial charge in [0.1, 0.15) is 0 Å². The van der Waals surface area contributed by atoms with E-state index in [1.807, 2.05) is 12.1 Å². The Morgan fingerprint density at radius 1 is 1.12 bits per heavy atom. The first kappa shape index (κ1) is 14.0. The standard InChI is InChI=1S/C8H9O2S.C4H9.Sn.2H/c1-7-3-5-8(6-4-7)11(2,9)10;1-4(2)3;;;/h3-6H,1H2,2H3;1-3H3;;;. The van der Waals surface area contributed by atoms with Gasteiger partial charge in [-0.2, -0.15) is 0 Å². The number of hydrogen-bond acceptors (Lipinski definition) is 2. The van der Waals surface area contributed by atoms with Gasteiger partial charge >= 0.3 is 109 Å². The summed E-state index contributed by atoms with van der Waals surface area (Å²) in [7, 11) is -3.05. The monoisotopic (exact) mass is 348 g/mol. The molecule has 0 saturated carbocycles. The normalized spacial score (nSPS) is 13.5. The zero-order chi connectivity index (χ0) is 12.4. The van der Waals surface area contributed by atoms with Crippen molar-refractivity contribution < 1.29 is 8.42 Å². The fourth-order valence-corrected chi connectivity index (χ4v) is 5.97. The molecular weight excluding hydrogens is 327 g/mol. The molecule has 0 saturated heterocycles. The second-order valence-electron chi connectivity index (χ2n) is 5.48. The average molecular weight is 347 g/mol. The molecule has 4 heteroatoms. The summed E-state index contributed by atoms with van der Waals surface area (Å²) >= 11 is -0.783. The summed E-state index contributed by atoms with van der Waals surface area (Å²) in [4.78, 5) is 0.419. The first-order chi connectivity index (χ1) is 7.18. The Balaban J connectivity index is 2.73. The van der Waals surface area contributed by atoms with E-state index in [0.717, 1.165) is 0 Å². The fourth-order valence-electron chi connectivity index (χ4n) is 1.42. The number of benzene rings is 1. The molecule has 0 spiro atoms. The Bertz CT molecular complexity index is 441. The summed E-state index contributed by atoms with van der Waals surface area (Å²) in [5.41, 5.74) is 1.29. The van der Waals surface area contributed by atoms with Gasteiger partial charge in [-0.05, 0) is 0 Å². The summed E-state index contributed by atoms with van der Waals surface area (Å²) in [5, 5.41) is 0. The van der Waals surface area contributed by atoms with Crippen molar-refractivity contribution in [2.24, 2.45) is 0 Å². The van der Waals surface area contributed by atoms with Crippen LogP contribution in [0.4, 0.5) is 0 Å². The third-order valence-corrected chi connectivity index (χ3v) is 10.3. The van der Waals surface area contributed by atoms with Crippen molar-refractivity contribution in [1.82, 2.24) is 0 Å². The summed E-state index contributed by atoms with van der Waals surface area (Å²) in [6, 6.07) is 7.36. The third-order valence-electron chi connectivity index (χ3n) is 2.52. The van der Waals surface area contributed by atoms with Crippen LogP contribution in [0.3, 0.4) is 0 Å². The van der Waals surface area contributed by atoms with Crippen molar-refractivity contribution in [3.8, 4) is 0 Å². The van der Waals surface area contributed by atoms with Crippen molar-refractivity contribution in [3.05, 3.63) is 29.8 Å². The van der Waals surface area contributed by atoms with Gasteiger partial charge in [0.05, 0.1) is 0 Å². The van der Waals surface area contributed by atoms with Crippen molar-refractivity contribution in [2.45, 2.75) is 33.5 Å². The molecule has 1 aromatic carbocycles. The number of sulfone groups is 1. The van der Waals surface area contributed by atoms with E-state index in [1.54, 1.807) is 12.1 Å². The van der Waals surface area contributed by atoms with E-state index in [4.69, 9.17) is 0 Å². The predicted molar refractivity (Wildman–Crippen MR) is 71.5 cm³/mol. The topological polar surface area (TPSA) is 34.1 Å². The minimum absolute atomic E-state index is 0.419. The van der Waals surface area contributed by atoms with Crippen LogP contribution in [0.1, 0.15) is 26.3 Å². The number of hydrogen-bond donors (Lipinski definition) is 0. The van der Waals surface area contributed by atoms with E-state index in [9.17, 15) is 8.42 Å². The van der Waals surface area contributed by atoms with Crippen molar-refractivity contribution in [3.63, 3.8) is 0 Å². The molecule has 0 fully saturated rings. The quantitative estimate of drug-likeness (QED) is 0.784. The molecule has 0 aliphatic heterocycles. The van der Waals surface area contributed by atoms with Crippen LogP contribution in [0, 0.1) is 0 Å². The Kier molecular flexibility index (Phi) is 4.46. The van der Waals surface area contributed by atoms with Crippen molar-refractivity contribution in [1.29, 1.82) is 0 Å². The maximum absolute atomic E-state index is 11.3. The molecule has 0 N–H and O–H groups in total. The van der Waals surface area contributed by atoms with Crippen LogP contribution in [0.15, 0.2) is 29.2 Å². The third kappa shape index (κ3) is 4.87. The first-order valence-corrected chi connectivity index (χ1v) is 12.2. The van der Waals surface area contributed by atoms with E-state index in [1.165, 1.54) is 16.3 Å². The zero-order valence-corrected chi connectivity index (χ0v) is 15.3. The van der Waals surface area contributed by atoms with Crippen LogP contribution in [0.25, 0.3) is 0 Å². The van der Waals surface area contributed by atoms with Crippen LogP contribution in [-0.2, 0) is 14.3 Å². The fraction of sp³-hybridized carbons (Fsp3) is 0.500. The van der Waals surface area contributed by atoms with Gasteiger partial charge < -0.3 is 0 Å². The molecule has 0 aliphatic rings. The number of rotatable bonds is 3. The van der Waals surface area contributed by atoms with E-state index >= 15 is 0 Å². The predicted octanol–water partition coefficient (Wildman–Crippen LogP) is 1.98. The Hall–Kier alpha value is -0.0313. The Labute approximate surface area is 109 Å². The van der Waals surface area contributed by atoms with E-state index in [0.29, 0.717) is 8.33 Å². The van der Waals surface area contributed by atoms with E-state index in [-0.39, 0.29) is 0 Å². The molecule has 0 amide bonds. The molecule has 0 heterocycles. The van der Waals surface area contributed by atoms with Crippen molar-refractivity contribution in [2.75, 3.05) is 6.26 Å². The van der Waals surface area contributed by atoms with Gasteiger partial charge in [0.2, 0.25) is 0 Å². The molecule has 0 unspecified atom stereocenters. The molecule has 0 aliphatic carbocycles. The van der Waals surface area contributed by atoms with Gasteiger partial charge in [-0.25, -0.2) is 0 Å². The molecule has 2 nitrogen and oxygen atoms in total. The molecule has 1 aromatic rings. The van der Waals surface area contributed by atoms with Crippen LogP contribution in [0.2, 0.25) is 3.43 Å². The van der Waals surface area contributed by atoms with Gasteiger partial charge in [0.25, 0.3) is 0 Å². The summed E-state index contributed by atoms with van der Waals surface area (Å²) < 4.78 is 24.3. The molecule has 16 heavy (non-hydrogen) atoms. The summed E-state index contributed by atoms with van der Waals surface area (Å²) in [5.74, 6) is 0. The van der Waals surface area contributed by atoms with E-state index < -0.39 is 31.0 Å².